The van der Waals surface area contributed by atoms with Gasteiger partial charge >= 0.3 is 0 Å². The van der Waals surface area contributed by atoms with E-state index in [0.717, 1.165) is 16.7 Å². The van der Waals surface area contributed by atoms with E-state index in [1.165, 1.54) is 0 Å². The van der Waals surface area contributed by atoms with Gasteiger partial charge in [-0.2, -0.15) is 0 Å². The minimum absolute atomic E-state index is 0.142. The topological polar surface area (TPSA) is 86.3 Å². The van der Waals surface area contributed by atoms with Gasteiger partial charge in [0.05, 0.1) is 28.4 Å². The molecule has 1 heterocycles. The average molecular weight is 505 g/mol. The molecule has 37 heavy (non-hydrogen) atoms. The van der Waals surface area contributed by atoms with E-state index in [1.807, 2.05) is 54.6 Å². The summed E-state index contributed by atoms with van der Waals surface area (Å²) < 4.78 is 21.4. The number of carbonyl (C=O) groups is 2. The second-order valence-corrected chi connectivity index (χ2v) is 8.66. The number of fused-ring (bicyclic) bond motifs is 1. The number of hydrogen-bond acceptors (Lipinski definition) is 6. The van der Waals surface area contributed by atoms with Crippen molar-refractivity contribution in [2.45, 2.75) is 18.9 Å². The van der Waals surface area contributed by atoms with E-state index in [1.54, 1.807) is 39.4 Å². The zero-order chi connectivity index (χ0) is 26.4. The first kappa shape index (κ1) is 25.9. The molecule has 1 aliphatic rings. The van der Waals surface area contributed by atoms with Crippen LogP contribution in [0, 0.1) is 0 Å². The van der Waals surface area contributed by atoms with Crippen molar-refractivity contribution >= 4 is 11.8 Å². The smallest absolute Gasteiger partial charge is 0.255 e. The lowest BCUT2D eigenvalue weighted by Gasteiger charge is -2.25. The van der Waals surface area contributed by atoms with Crippen LogP contribution in [0.4, 0.5) is 0 Å². The molecule has 0 saturated carbocycles. The fraction of sp³-hybridized carbons (Fsp3) is 0.310. The molecule has 194 valence electrons. The van der Waals surface area contributed by atoms with Crippen molar-refractivity contribution in [2.75, 3.05) is 41.5 Å². The SMILES string of the molecule is COc1ccc(CCNC(=O)C2c3ccccc3C(=O)N2CCc2ccc(OC)c(OC)c2)cc1OC. The number of methoxy groups -OCH3 is 4. The summed E-state index contributed by atoms with van der Waals surface area (Å²) in [6.45, 7) is 0.807. The molecule has 0 saturated heterocycles. The maximum absolute atomic E-state index is 13.4. The number of nitrogens with zero attached hydrogens (tertiary/aromatic N) is 1. The molecule has 0 radical (unpaired) electrons. The highest BCUT2D eigenvalue weighted by Crippen LogP contribution is 2.34. The first-order valence-corrected chi connectivity index (χ1v) is 12.1. The first-order chi connectivity index (χ1) is 18.0. The number of rotatable bonds is 11. The first-order valence-electron chi connectivity index (χ1n) is 12.1. The number of benzene rings is 3. The largest absolute Gasteiger partial charge is 0.493 e. The van der Waals surface area contributed by atoms with Gasteiger partial charge in [0.25, 0.3) is 5.91 Å². The van der Waals surface area contributed by atoms with E-state index in [9.17, 15) is 9.59 Å². The molecule has 1 aliphatic heterocycles. The maximum Gasteiger partial charge on any atom is 0.255 e. The maximum atomic E-state index is 13.4. The van der Waals surface area contributed by atoms with Gasteiger partial charge in [0.1, 0.15) is 6.04 Å². The van der Waals surface area contributed by atoms with Gasteiger partial charge in [-0.1, -0.05) is 30.3 Å². The summed E-state index contributed by atoms with van der Waals surface area (Å²) in [7, 11) is 6.36. The predicted octanol–water partition coefficient (Wildman–Crippen LogP) is 3.82. The standard InChI is InChI=1S/C29H32N2O6/c1-34-23-11-9-19(17-25(23)36-3)13-15-30-28(32)27-21-7-5-6-8-22(21)29(33)31(27)16-14-20-10-12-24(35-2)26(18-20)37-4/h5-12,17-18,27H,13-16H2,1-4H3,(H,30,32). The Bertz CT molecular complexity index is 1280. The van der Waals surface area contributed by atoms with E-state index in [2.05, 4.69) is 5.32 Å². The average Bonchev–Trinajstić information content (AvgIpc) is 3.22. The second-order valence-electron chi connectivity index (χ2n) is 8.66. The van der Waals surface area contributed by atoms with Gasteiger partial charge in [-0.05, 0) is 59.9 Å². The molecular formula is C29H32N2O6. The quantitative estimate of drug-likeness (QED) is 0.427. The van der Waals surface area contributed by atoms with Crippen LogP contribution in [-0.2, 0) is 17.6 Å². The van der Waals surface area contributed by atoms with Crippen molar-refractivity contribution in [2.24, 2.45) is 0 Å². The van der Waals surface area contributed by atoms with E-state index in [-0.39, 0.29) is 11.8 Å². The number of amides is 2. The minimum Gasteiger partial charge on any atom is -0.493 e. The molecule has 3 aromatic carbocycles. The molecule has 1 unspecified atom stereocenters. The van der Waals surface area contributed by atoms with Crippen molar-refractivity contribution in [1.29, 1.82) is 0 Å². The van der Waals surface area contributed by atoms with Crippen molar-refractivity contribution in [3.05, 3.63) is 82.9 Å². The number of nitrogens with one attached hydrogen (secondary N) is 1. The fourth-order valence-corrected chi connectivity index (χ4v) is 4.63. The normalized spacial score (nSPS) is 14.2. The zero-order valence-electron chi connectivity index (χ0n) is 21.6. The Balaban J connectivity index is 1.46. The van der Waals surface area contributed by atoms with Crippen LogP contribution in [0.15, 0.2) is 60.7 Å². The van der Waals surface area contributed by atoms with E-state index >= 15 is 0 Å². The summed E-state index contributed by atoms with van der Waals surface area (Å²) in [5.74, 6) is 2.22. The molecule has 0 bridgehead atoms. The van der Waals surface area contributed by atoms with Crippen molar-refractivity contribution in [3.8, 4) is 23.0 Å². The van der Waals surface area contributed by atoms with Gasteiger partial charge in [0, 0.05) is 18.7 Å². The van der Waals surface area contributed by atoms with Crippen LogP contribution >= 0.6 is 0 Å². The Kier molecular flexibility index (Phi) is 8.18. The third kappa shape index (κ3) is 5.48. The molecule has 0 spiro atoms. The Morgan fingerprint density at radius 1 is 0.784 bits per heavy atom. The van der Waals surface area contributed by atoms with Gasteiger partial charge in [-0.15, -0.1) is 0 Å². The van der Waals surface area contributed by atoms with Gasteiger partial charge in [0.2, 0.25) is 5.91 Å². The summed E-state index contributed by atoms with van der Waals surface area (Å²) in [6.07, 6.45) is 1.18. The predicted molar refractivity (Wildman–Crippen MR) is 140 cm³/mol. The summed E-state index contributed by atoms with van der Waals surface area (Å²) in [4.78, 5) is 28.3. The van der Waals surface area contributed by atoms with Gasteiger partial charge in [0.15, 0.2) is 23.0 Å². The van der Waals surface area contributed by atoms with Crippen LogP contribution in [0.3, 0.4) is 0 Å². The van der Waals surface area contributed by atoms with Gasteiger partial charge in [-0.3, -0.25) is 9.59 Å². The van der Waals surface area contributed by atoms with Gasteiger partial charge in [-0.25, -0.2) is 0 Å². The van der Waals surface area contributed by atoms with Crippen LogP contribution in [-0.4, -0.2) is 58.2 Å². The lowest BCUT2D eigenvalue weighted by molar-refractivity contribution is -0.125. The van der Waals surface area contributed by atoms with Crippen molar-refractivity contribution in [3.63, 3.8) is 0 Å². The third-order valence-electron chi connectivity index (χ3n) is 6.56. The van der Waals surface area contributed by atoms with Crippen LogP contribution < -0.4 is 24.3 Å². The summed E-state index contributed by atoms with van der Waals surface area (Å²) in [6, 6.07) is 18.0. The highest BCUT2D eigenvalue weighted by atomic mass is 16.5. The number of carbonyl (C=O) groups excluding carboxylic acids is 2. The van der Waals surface area contributed by atoms with Crippen LogP contribution in [0.25, 0.3) is 0 Å². The molecule has 0 aromatic heterocycles. The molecule has 3 aromatic rings. The van der Waals surface area contributed by atoms with Crippen LogP contribution in [0.1, 0.15) is 33.1 Å². The molecule has 8 heteroatoms. The lowest BCUT2D eigenvalue weighted by atomic mass is 10.0. The van der Waals surface area contributed by atoms with Crippen molar-refractivity contribution in [1.82, 2.24) is 10.2 Å². The highest BCUT2D eigenvalue weighted by molar-refractivity contribution is 6.04. The number of ether oxygens (including phenoxy) is 4. The van der Waals surface area contributed by atoms with E-state index in [0.29, 0.717) is 54.5 Å². The summed E-state index contributed by atoms with van der Waals surface area (Å²) >= 11 is 0. The lowest BCUT2D eigenvalue weighted by Crippen LogP contribution is -2.40. The molecule has 0 aliphatic carbocycles. The molecule has 1 N–H and O–H groups in total. The van der Waals surface area contributed by atoms with E-state index in [4.69, 9.17) is 18.9 Å². The third-order valence-corrected chi connectivity index (χ3v) is 6.56. The minimum atomic E-state index is -0.686. The molecule has 0 fully saturated rings. The summed E-state index contributed by atoms with van der Waals surface area (Å²) in [5, 5.41) is 3.02. The second kappa shape index (κ2) is 11.7. The Hall–Kier alpha value is -4.20. The van der Waals surface area contributed by atoms with Crippen LogP contribution in [0.5, 0.6) is 23.0 Å². The highest BCUT2D eigenvalue weighted by Gasteiger charge is 2.40. The molecule has 8 nitrogen and oxygen atoms in total. The Morgan fingerprint density at radius 3 is 1.95 bits per heavy atom. The molecule has 4 rings (SSSR count). The van der Waals surface area contributed by atoms with Crippen LogP contribution in [0.2, 0.25) is 0 Å². The monoisotopic (exact) mass is 504 g/mol. The van der Waals surface area contributed by atoms with E-state index < -0.39 is 6.04 Å². The number of hydrogen-bond donors (Lipinski definition) is 1. The molecular weight excluding hydrogens is 472 g/mol. The Morgan fingerprint density at radius 2 is 1.35 bits per heavy atom. The summed E-state index contributed by atoms with van der Waals surface area (Å²) in [5.41, 5.74) is 3.28. The molecule has 2 amide bonds. The zero-order valence-corrected chi connectivity index (χ0v) is 21.6. The van der Waals surface area contributed by atoms with Gasteiger partial charge < -0.3 is 29.2 Å². The Labute approximate surface area is 217 Å². The molecule has 1 atom stereocenters. The van der Waals surface area contributed by atoms with Crippen molar-refractivity contribution < 1.29 is 28.5 Å². The fourth-order valence-electron chi connectivity index (χ4n) is 4.63.